The van der Waals surface area contributed by atoms with E-state index in [2.05, 4.69) is 5.32 Å². The van der Waals surface area contributed by atoms with E-state index in [1.165, 1.54) is 19.3 Å². The predicted molar refractivity (Wildman–Crippen MR) is 76.4 cm³/mol. The van der Waals surface area contributed by atoms with Crippen molar-refractivity contribution < 1.29 is 19.1 Å². The van der Waals surface area contributed by atoms with Gasteiger partial charge in [-0.15, -0.1) is 0 Å². The first-order valence-corrected chi connectivity index (χ1v) is 7.44. The summed E-state index contributed by atoms with van der Waals surface area (Å²) in [6.07, 6.45) is 5.83. The van der Waals surface area contributed by atoms with E-state index >= 15 is 0 Å². The summed E-state index contributed by atoms with van der Waals surface area (Å²) in [7, 11) is 1.71. The van der Waals surface area contributed by atoms with Gasteiger partial charge in [0, 0.05) is 0 Å². The Labute approximate surface area is 121 Å². The molecule has 0 bridgehead atoms. The fourth-order valence-corrected chi connectivity index (χ4v) is 2.51. The Hall–Kier alpha value is -1.10. The molecule has 0 heterocycles. The fourth-order valence-electron chi connectivity index (χ4n) is 2.51. The lowest BCUT2D eigenvalue weighted by Crippen LogP contribution is -2.39. The number of carbonyl (C=O) groups excluding carboxylic acids is 2. The van der Waals surface area contributed by atoms with Gasteiger partial charge in [0.25, 0.3) is 0 Å². The fraction of sp³-hybridized carbons (Fsp3) is 0.867. The molecular weight excluding hydrogens is 258 g/mol. The molecule has 116 valence electrons. The molecule has 0 unspecified atom stereocenters. The van der Waals surface area contributed by atoms with Crippen molar-refractivity contribution in [3.63, 3.8) is 0 Å². The molecule has 0 aliphatic heterocycles. The topological polar surface area (TPSA) is 64.6 Å². The Kier molecular flexibility index (Phi) is 6.46. The number of rotatable bonds is 4. The third-order valence-electron chi connectivity index (χ3n) is 3.50. The van der Waals surface area contributed by atoms with Crippen molar-refractivity contribution in [1.29, 1.82) is 0 Å². The van der Waals surface area contributed by atoms with E-state index in [0.717, 1.165) is 19.3 Å². The maximum atomic E-state index is 12.0. The highest BCUT2D eigenvalue weighted by molar-refractivity contribution is 5.85. The zero-order valence-corrected chi connectivity index (χ0v) is 13.0. The number of hydrogen-bond acceptors (Lipinski definition) is 5. The third-order valence-corrected chi connectivity index (χ3v) is 3.50. The summed E-state index contributed by atoms with van der Waals surface area (Å²) in [6.45, 7) is 5.20. The van der Waals surface area contributed by atoms with Crippen LogP contribution in [0.25, 0.3) is 0 Å². The molecule has 1 aliphatic carbocycles. The van der Waals surface area contributed by atoms with Crippen molar-refractivity contribution in [2.45, 2.75) is 70.9 Å². The van der Waals surface area contributed by atoms with Crippen LogP contribution in [-0.2, 0) is 14.3 Å². The quantitative estimate of drug-likeness (QED) is 0.635. The molecule has 20 heavy (non-hydrogen) atoms. The standard InChI is InChI=1S/C15H27NO4/c1-15(2,3)20-14(18)19-13(17)12(16-4)10-11-8-6-5-7-9-11/h11-12,16H,5-10H2,1-4H3/t12-/m0/s1. The molecule has 0 amide bonds. The van der Waals surface area contributed by atoms with Gasteiger partial charge in [0.2, 0.25) is 0 Å². The molecule has 1 N–H and O–H groups in total. The largest absolute Gasteiger partial charge is 0.516 e. The van der Waals surface area contributed by atoms with Gasteiger partial charge >= 0.3 is 12.1 Å². The Morgan fingerprint density at radius 1 is 1.20 bits per heavy atom. The molecule has 5 heteroatoms. The molecule has 0 aromatic heterocycles. The molecule has 0 radical (unpaired) electrons. The van der Waals surface area contributed by atoms with Crippen LogP contribution in [0.5, 0.6) is 0 Å². The summed E-state index contributed by atoms with van der Waals surface area (Å²) in [4.78, 5) is 23.4. The highest BCUT2D eigenvalue weighted by atomic mass is 16.7. The molecule has 0 saturated heterocycles. The summed E-state index contributed by atoms with van der Waals surface area (Å²) in [5.41, 5.74) is -0.657. The van der Waals surface area contributed by atoms with Crippen LogP contribution >= 0.6 is 0 Å². The summed E-state index contributed by atoms with van der Waals surface area (Å²) in [6, 6.07) is -0.439. The summed E-state index contributed by atoms with van der Waals surface area (Å²) < 4.78 is 9.74. The lowest BCUT2D eigenvalue weighted by atomic mass is 9.85. The van der Waals surface area contributed by atoms with Gasteiger partial charge in [0.15, 0.2) is 0 Å². The molecular formula is C15H27NO4. The lowest BCUT2D eigenvalue weighted by molar-refractivity contribution is -0.144. The molecule has 1 atom stereocenters. The predicted octanol–water partition coefficient (Wildman–Crippen LogP) is 3.02. The zero-order valence-electron chi connectivity index (χ0n) is 13.0. The van der Waals surface area contributed by atoms with E-state index in [4.69, 9.17) is 9.47 Å². The zero-order chi connectivity index (χ0) is 15.2. The van der Waals surface area contributed by atoms with Crippen molar-refractivity contribution in [3.05, 3.63) is 0 Å². The molecule has 0 aromatic rings. The second-order valence-corrected chi connectivity index (χ2v) is 6.47. The Bertz CT molecular complexity index is 329. The number of carbonyl (C=O) groups is 2. The van der Waals surface area contributed by atoms with Crippen LogP contribution in [0.15, 0.2) is 0 Å². The molecule has 1 aliphatic rings. The highest BCUT2D eigenvalue weighted by Gasteiger charge is 2.27. The van der Waals surface area contributed by atoms with Gasteiger partial charge in [-0.25, -0.2) is 9.59 Å². The Balaban J connectivity index is 2.43. The number of hydrogen-bond donors (Lipinski definition) is 1. The Morgan fingerprint density at radius 3 is 2.30 bits per heavy atom. The molecule has 1 saturated carbocycles. The van der Waals surface area contributed by atoms with E-state index < -0.39 is 23.8 Å². The van der Waals surface area contributed by atoms with Gasteiger partial charge in [0.05, 0.1) is 0 Å². The summed E-state index contributed by atoms with van der Waals surface area (Å²) in [5.74, 6) is -0.0142. The van der Waals surface area contributed by atoms with Crippen molar-refractivity contribution in [3.8, 4) is 0 Å². The van der Waals surface area contributed by atoms with E-state index in [9.17, 15) is 9.59 Å². The third kappa shape index (κ3) is 6.37. The minimum Gasteiger partial charge on any atom is -0.428 e. The minimum atomic E-state index is -0.925. The van der Waals surface area contributed by atoms with Gasteiger partial charge in [-0.2, -0.15) is 0 Å². The molecule has 5 nitrogen and oxygen atoms in total. The van der Waals surface area contributed by atoms with E-state index in [1.807, 2.05) is 0 Å². The SMILES string of the molecule is CN[C@@H](CC1CCCCC1)C(=O)OC(=O)OC(C)(C)C. The van der Waals surface area contributed by atoms with Crippen LogP contribution in [0, 0.1) is 5.92 Å². The number of esters is 1. The van der Waals surface area contributed by atoms with Crippen LogP contribution in [0.2, 0.25) is 0 Å². The average molecular weight is 285 g/mol. The Morgan fingerprint density at radius 2 is 1.80 bits per heavy atom. The second-order valence-electron chi connectivity index (χ2n) is 6.47. The van der Waals surface area contributed by atoms with Crippen molar-refractivity contribution >= 4 is 12.1 Å². The summed E-state index contributed by atoms with van der Waals surface area (Å²) in [5, 5.41) is 2.94. The van der Waals surface area contributed by atoms with Crippen molar-refractivity contribution in [1.82, 2.24) is 5.32 Å². The minimum absolute atomic E-state index is 0.439. The molecule has 1 rings (SSSR count). The maximum absolute atomic E-state index is 12.0. The normalized spacial score (nSPS) is 18.4. The van der Waals surface area contributed by atoms with Gasteiger partial charge in [-0.3, -0.25) is 0 Å². The van der Waals surface area contributed by atoms with Crippen molar-refractivity contribution in [2.75, 3.05) is 7.05 Å². The van der Waals surface area contributed by atoms with Crippen LogP contribution in [0.4, 0.5) is 4.79 Å². The van der Waals surface area contributed by atoms with Gasteiger partial charge in [-0.1, -0.05) is 32.1 Å². The summed E-state index contributed by atoms with van der Waals surface area (Å²) >= 11 is 0. The number of likely N-dealkylation sites (N-methyl/N-ethyl adjacent to an activating group) is 1. The monoisotopic (exact) mass is 285 g/mol. The second kappa shape index (κ2) is 7.62. The average Bonchev–Trinajstić information content (AvgIpc) is 2.34. The van der Waals surface area contributed by atoms with E-state index in [0.29, 0.717) is 5.92 Å². The van der Waals surface area contributed by atoms with E-state index in [-0.39, 0.29) is 0 Å². The first kappa shape index (κ1) is 17.0. The first-order chi connectivity index (χ1) is 9.31. The smallest absolute Gasteiger partial charge is 0.428 e. The van der Waals surface area contributed by atoms with Crippen LogP contribution < -0.4 is 5.32 Å². The van der Waals surface area contributed by atoms with Crippen LogP contribution in [0.3, 0.4) is 0 Å². The van der Waals surface area contributed by atoms with Gasteiger partial charge in [0.1, 0.15) is 11.6 Å². The van der Waals surface area contributed by atoms with Gasteiger partial charge in [-0.05, 0) is 40.2 Å². The van der Waals surface area contributed by atoms with Gasteiger partial charge < -0.3 is 14.8 Å². The number of ether oxygens (including phenoxy) is 2. The van der Waals surface area contributed by atoms with Crippen LogP contribution in [-0.4, -0.2) is 30.8 Å². The number of nitrogens with one attached hydrogen (secondary N) is 1. The molecule has 0 aromatic carbocycles. The van der Waals surface area contributed by atoms with E-state index in [1.54, 1.807) is 27.8 Å². The maximum Gasteiger partial charge on any atom is 0.516 e. The lowest BCUT2D eigenvalue weighted by Gasteiger charge is -2.25. The molecule has 0 spiro atoms. The molecule has 1 fully saturated rings. The van der Waals surface area contributed by atoms with Crippen LogP contribution in [0.1, 0.15) is 59.3 Å². The highest BCUT2D eigenvalue weighted by Crippen LogP contribution is 2.27. The first-order valence-electron chi connectivity index (χ1n) is 7.44. The van der Waals surface area contributed by atoms with Crippen molar-refractivity contribution in [2.24, 2.45) is 5.92 Å².